The van der Waals surface area contributed by atoms with Crippen molar-refractivity contribution in [1.82, 2.24) is 19.5 Å². The summed E-state index contributed by atoms with van der Waals surface area (Å²) in [5.41, 5.74) is 5.64. The van der Waals surface area contributed by atoms with Crippen molar-refractivity contribution in [2.75, 3.05) is 64.3 Å². The summed E-state index contributed by atoms with van der Waals surface area (Å²) < 4.78 is 9.80. The molecule has 1 saturated heterocycles. The van der Waals surface area contributed by atoms with Gasteiger partial charge in [0.25, 0.3) is 5.91 Å². The number of nitrogens with zero attached hydrogens (tertiary/aromatic N) is 3. The van der Waals surface area contributed by atoms with Crippen LogP contribution in [-0.4, -0.2) is 90.2 Å². The van der Waals surface area contributed by atoms with Crippen LogP contribution >= 0.6 is 11.5 Å². The minimum atomic E-state index is -0.665. The molecule has 0 aromatic carbocycles. The van der Waals surface area contributed by atoms with Crippen LogP contribution in [-0.2, 0) is 0 Å². The second-order valence-corrected chi connectivity index (χ2v) is 9.44. The van der Waals surface area contributed by atoms with Crippen LogP contribution < -0.4 is 21.1 Å². The second-order valence-electron chi connectivity index (χ2n) is 8.67. The molecule has 5 N–H and O–H groups in total. The van der Waals surface area contributed by atoms with Crippen LogP contribution in [0.15, 0.2) is 0 Å². The van der Waals surface area contributed by atoms with Crippen molar-refractivity contribution in [1.29, 1.82) is 0 Å². The zero-order chi connectivity index (χ0) is 24.6. The largest absolute Gasteiger partial charge is 0.476 e. The molecule has 0 radical (unpaired) electrons. The number of unbranched alkanes of at least 4 members (excludes halogenated alkanes) is 6. The molecule has 0 saturated carbocycles. The van der Waals surface area contributed by atoms with E-state index in [0.717, 1.165) is 89.3 Å². The van der Waals surface area contributed by atoms with Gasteiger partial charge in [0.05, 0.1) is 13.2 Å². The highest BCUT2D eigenvalue weighted by Gasteiger charge is 2.22. The van der Waals surface area contributed by atoms with Crippen LogP contribution in [0.1, 0.15) is 68.6 Å². The maximum Gasteiger partial charge on any atom is 0.319 e. The number of anilines is 1. The Morgan fingerprint density at radius 1 is 1.03 bits per heavy atom. The molecule has 11 heteroatoms. The van der Waals surface area contributed by atoms with E-state index in [-0.39, 0.29) is 24.1 Å². The molecule has 194 valence electrons. The minimum Gasteiger partial charge on any atom is -0.476 e. The van der Waals surface area contributed by atoms with Crippen molar-refractivity contribution in [2.45, 2.75) is 58.3 Å². The number of amides is 3. The summed E-state index contributed by atoms with van der Waals surface area (Å²) in [5.74, 6) is -0.470. The van der Waals surface area contributed by atoms with Gasteiger partial charge in [-0.05, 0) is 37.3 Å². The number of rotatable bonds is 17. The smallest absolute Gasteiger partial charge is 0.319 e. The van der Waals surface area contributed by atoms with E-state index in [2.05, 4.69) is 31.7 Å². The second kappa shape index (κ2) is 16.6. The molecule has 0 atom stereocenters. The fraction of sp³-hybridized carbons (Fsp3) is 0.783. The van der Waals surface area contributed by atoms with E-state index in [4.69, 9.17) is 15.6 Å². The lowest BCUT2D eigenvalue weighted by Gasteiger charge is -2.34. The average molecular weight is 499 g/mol. The molecular weight excluding hydrogens is 456 g/mol. The quantitative estimate of drug-likeness (QED) is 0.243. The summed E-state index contributed by atoms with van der Waals surface area (Å²) in [4.78, 5) is 28.9. The molecule has 10 nitrogen and oxygen atoms in total. The number of carbonyl (C=O) groups is 2. The minimum absolute atomic E-state index is 0.132. The van der Waals surface area contributed by atoms with Crippen molar-refractivity contribution in [3.05, 3.63) is 5.56 Å². The summed E-state index contributed by atoms with van der Waals surface area (Å²) >= 11 is 1.00. The number of hydrogen-bond donors (Lipinski definition) is 4. The van der Waals surface area contributed by atoms with Crippen molar-refractivity contribution in [3.8, 4) is 5.88 Å². The molecule has 2 heterocycles. The Kier molecular flexibility index (Phi) is 13.8. The molecule has 1 fully saturated rings. The number of primary amides is 1. The third-order valence-electron chi connectivity index (χ3n) is 5.94. The number of ether oxygens (including phenoxy) is 1. The first kappa shape index (κ1) is 28.3. The van der Waals surface area contributed by atoms with Crippen LogP contribution in [0.2, 0.25) is 0 Å². The van der Waals surface area contributed by atoms with Gasteiger partial charge in [-0.2, -0.15) is 4.37 Å². The standard InChI is InChI=1S/C23H42N6O4S/c1-2-3-4-5-9-18-33-21-19(20(24)31)22(34-27-21)26-23(32)25-10-7-6-8-11-28-12-14-29(15-13-28)16-17-30/h30H,2-18H2,1H3,(H2,24,31)(H2,25,26,32). The van der Waals surface area contributed by atoms with E-state index >= 15 is 0 Å². The van der Waals surface area contributed by atoms with E-state index in [9.17, 15) is 9.59 Å². The van der Waals surface area contributed by atoms with E-state index in [0.29, 0.717) is 18.2 Å². The highest BCUT2D eigenvalue weighted by molar-refractivity contribution is 7.11. The van der Waals surface area contributed by atoms with Crippen molar-refractivity contribution >= 4 is 28.5 Å². The number of aliphatic hydroxyl groups excluding tert-OH is 1. The summed E-state index contributed by atoms with van der Waals surface area (Å²) in [5, 5.41) is 14.8. The lowest BCUT2D eigenvalue weighted by Crippen LogP contribution is -2.47. The maximum absolute atomic E-state index is 12.3. The third-order valence-corrected chi connectivity index (χ3v) is 6.68. The number of aliphatic hydroxyl groups is 1. The third kappa shape index (κ3) is 10.5. The van der Waals surface area contributed by atoms with Gasteiger partial charge in [0, 0.05) is 39.3 Å². The fourth-order valence-corrected chi connectivity index (χ4v) is 4.65. The van der Waals surface area contributed by atoms with Gasteiger partial charge in [-0.1, -0.05) is 39.0 Å². The topological polar surface area (TPSA) is 133 Å². The van der Waals surface area contributed by atoms with Gasteiger partial charge in [-0.15, -0.1) is 0 Å². The van der Waals surface area contributed by atoms with Gasteiger partial charge in [0.15, 0.2) is 0 Å². The van der Waals surface area contributed by atoms with E-state index in [1.807, 2.05) is 0 Å². The normalized spacial score (nSPS) is 14.8. The van der Waals surface area contributed by atoms with Crippen molar-refractivity contribution in [2.24, 2.45) is 5.73 Å². The van der Waals surface area contributed by atoms with Gasteiger partial charge < -0.3 is 25.8 Å². The van der Waals surface area contributed by atoms with Gasteiger partial charge in [-0.25, -0.2) is 4.79 Å². The Labute approximate surface area is 207 Å². The molecule has 1 aromatic heterocycles. The molecule has 0 unspecified atom stereocenters. The molecule has 34 heavy (non-hydrogen) atoms. The molecule has 1 aliphatic rings. The van der Waals surface area contributed by atoms with Crippen LogP contribution in [0.3, 0.4) is 0 Å². The van der Waals surface area contributed by atoms with Gasteiger partial charge >= 0.3 is 6.03 Å². The number of carbonyl (C=O) groups excluding carboxylic acids is 2. The molecule has 2 rings (SSSR count). The predicted octanol–water partition coefficient (Wildman–Crippen LogP) is 2.49. The average Bonchev–Trinajstić information content (AvgIpc) is 3.22. The maximum atomic E-state index is 12.3. The summed E-state index contributed by atoms with van der Waals surface area (Å²) in [7, 11) is 0. The number of nitrogens with one attached hydrogen (secondary N) is 2. The number of hydrogen-bond acceptors (Lipinski definition) is 8. The fourth-order valence-electron chi connectivity index (χ4n) is 3.92. The first-order valence-electron chi connectivity index (χ1n) is 12.6. The van der Waals surface area contributed by atoms with E-state index < -0.39 is 5.91 Å². The Balaban J connectivity index is 1.61. The first-order valence-corrected chi connectivity index (χ1v) is 13.3. The summed E-state index contributed by atoms with van der Waals surface area (Å²) in [6, 6.07) is -0.378. The van der Waals surface area contributed by atoms with E-state index in [1.54, 1.807) is 0 Å². The lowest BCUT2D eigenvalue weighted by molar-refractivity contribution is 0.0997. The summed E-state index contributed by atoms with van der Waals surface area (Å²) in [6.07, 6.45) is 8.50. The monoisotopic (exact) mass is 498 g/mol. The number of nitrogens with two attached hydrogens (primary N) is 1. The van der Waals surface area contributed by atoms with E-state index in [1.165, 1.54) is 12.8 Å². The molecule has 3 amide bonds. The molecule has 0 aliphatic carbocycles. The highest BCUT2D eigenvalue weighted by atomic mass is 32.1. The van der Waals surface area contributed by atoms with Crippen molar-refractivity contribution in [3.63, 3.8) is 0 Å². The number of piperazine rings is 1. The molecule has 1 aromatic rings. The van der Waals surface area contributed by atoms with Crippen LogP contribution in [0.4, 0.5) is 9.80 Å². The van der Waals surface area contributed by atoms with Gasteiger partial charge in [0.2, 0.25) is 5.88 Å². The molecular formula is C23H42N6O4S. The van der Waals surface area contributed by atoms with Gasteiger partial charge in [-0.3, -0.25) is 15.0 Å². The lowest BCUT2D eigenvalue weighted by atomic mass is 10.2. The number of β-amino-alcohol motifs (C(OH)–C–C–N with tert-alkyl or cyclic N) is 1. The first-order chi connectivity index (χ1) is 16.5. The van der Waals surface area contributed by atoms with Crippen LogP contribution in [0.25, 0.3) is 0 Å². The zero-order valence-electron chi connectivity index (χ0n) is 20.5. The summed E-state index contributed by atoms with van der Waals surface area (Å²) in [6.45, 7) is 9.35. The molecule has 1 aliphatic heterocycles. The number of urea groups is 1. The molecule has 0 spiro atoms. The Bertz CT molecular complexity index is 724. The predicted molar refractivity (Wildman–Crippen MR) is 136 cm³/mol. The SMILES string of the molecule is CCCCCCCOc1nsc(NC(=O)NCCCCCN2CCN(CCO)CC2)c1C(N)=O. The number of aromatic nitrogens is 1. The van der Waals surface area contributed by atoms with Gasteiger partial charge in [0.1, 0.15) is 10.6 Å². The van der Waals surface area contributed by atoms with Crippen molar-refractivity contribution < 1.29 is 19.4 Å². The zero-order valence-corrected chi connectivity index (χ0v) is 21.3. The highest BCUT2D eigenvalue weighted by Crippen LogP contribution is 2.30. The Morgan fingerprint density at radius 3 is 2.38 bits per heavy atom. The Hall–Kier alpha value is -1.95. The van der Waals surface area contributed by atoms with Crippen LogP contribution in [0, 0.1) is 0 Å². The van der Waals surface area contributed by atoms with Crippen LogP contribution in [0.5, 0.6) is 5.88 Å². The Morgan fingerprint density at radius 2 is 1.71 bits per heavy atom. The molecule has 0 bridgehead atoms.